The van der Waals surface area contributed by atoms with Gasteiger partial charge in [0.2, 0.25) is 0 Å². The van der Waals surface area contributed by atoms with Crippen molar-refractivity contribution in [2.75, 3.05) is 0 Å². The zero-order chi connectivity index (χ0) is 14.6. The fourth-order valence-electron chi connectivity index (χ4n) is 1.58. The maximum Gasteiger partial charge on any atom is 0.326 e. The minimum Gasteiger partial charge on any atom is -0.480 e. The Labute approximate surface area is 125 Å². The number of hydrogen-bond acceptors (Lipinski definition) is 2. The lowest BCUT2D eigenvalue weighted by molar-refractivity contribution is -0.140. The van der Waals surface area contributed by atoms with Crippen LogP contribution in [0.5, 0.6) is 0 Å². The number of carboxylic acids is 1. The van der Waals surface area contributed by atoms with Crippen LogP contribution in [0.3, 0.4) is 0 Å². The lowest BCUT2D eigenvalue weighted by Gasteiger charge is -2.20. The first-order chi connectivity index (χ1) is 8.88. The Morgan fingerprint density at radius 1 is 1.47 bits per heavy atom. The Balaban J connectivity index is 2.94. The van der Waals surface area contributed by atoms with Crippen LogP contribution < -0.4 is 5.32 Å². The van der Waals surface area contributed by atoms with Crippen LogP contribution in [0, 0.1) is 5.92 Å². The zero-order valence-corrected chi connectivity index (χ0v) is 13.0. The molecule has 0 unspecified atom stereocenters. The highest BCUT2D eigenvalue weighted by Gasteiger charge is 2.26. The number of rotatable bonds is 5. The Bertz CT molecular complexity index is 493. The number of carbonyl (C=O) groups is 2. The van der Waals surface area contributed by atoms with Gasteiger partial charge >= 0.3 is 5.97 Å². The van der Waals surface area contributed by atoms with Gasteiger partial charge in [-0.3, -0.25) is 4.79 Å². The molecule has 1 aromatic rings. The van der Waals surface area contributed by atoms with Crippen LogP contribution in [-0.4, -0.2) is 23.0 Å². The fourth-order valence-corrected chi connectivity index (χ4v) is 2.16. The third kappa shape index (κ3) is 3.94. The minimum absolute atomic E-state index is 0.160. The number of nitrogens with one attached hydrogen (secondary N) is 1. The molecular weight excluding hydrogens is 334 g/mol. The smallest absolute Gasteiger partial charge is 0.326 e. The van der Waals surface area contributed by atoms with Crippen molar-refractivity contribution in [3.05, 3.63) is 33.3 Å². The van der Waals surface area contributed by atoms with Gasteiger partial charge in [-0.15, -0.1) is 0 Å². The molecule has 2 N–H and O–H groups in total. The first-order valence-corrected chi connectivity index (χ1v) is 7.03. The number of carboxylic acid groups (broad SMARTS) is 1. The van der Waals surface area contributed by atoms with E-state index in [2.05, 4.69) is 21.2 Å². The summed E-state index contributed by atoms with van der Waals surface area (Å²) in [5.41, 5.74) is 0.255. The van der Waals surface area contributed by atoms with E-state index in [1.807, 2.05) is 6.92 Å². The fraction of sp³-hybridized carbons (Fsp3) is 0.385. The largest absolute Gasteiger partial charge is 0.480 e. The van der Waals surface area contributed by atoms with Crippen molar-refractivity contribution in [3.8, 4) is 0 Å². The second-order valence-electron chi connectivity index (χ2n) is 4.28. The molecule has 1 amide bonds. The van der Waals surface area contributed by atoms with E-state index in [-0.39, 0.29) is 16.5 Å². The summed E-state index contributed by atoms with van der Waals surface area (Å²) in [6.45, 7) is 3.65. The van der Waals surface area contributed by atoms with Crippen LogP contribution in [0.25, 0.3) is 0 Å². The van der Waals surface area contributed by atoms with Crippen LogP contribution in [0.1, 0.15) is 30.6 Å². The Hall–Kier alpha value is -1.07. The average molecular weight is 349 g/mol. The van der Waals surface area contributed by atoms with Crippen molar-refractivity contribution < 1.29 is 14.7 Å². The molecule has 0 fully saturated rings. The molecule has 0 saturated heterocycles. The van der Waals surface area contributed by atoms with Gasteiger partial charge in [0, 0.05) is 4.47 Å². The van der Waals surface area contributed by atoms with E-state index < -0.39 is 17.9 Å². The van der Waals surface area contributed by atoms with E-state index >= 15 is 0 Å². The predicted octanol–water partition coefficient (Wildman–Crippen LogP) is 3.33. The molecule has 19 heavy (non-hydrogen) atoms. The molecule has 6 heteroatoms. The number of halogens is 2. The third-order valence-electron chi connectivity index (χ3n) is 2.96. The number of carbonyl (C=O) groups excluding carboxylic acids is 1. The Kier molecular flexibility index (Phi) is 5.82. The molecule has 0 heterocycles. The predicted molar refractivity (Wildman–Crippen MR) is 77.5 cm³/mol. The average Bonchev–Trinajstić information content (AvgIpc) is 2.37. The summed E-state index contributed by atoms with van der Waals surface area (Å²) in [6, 6.07) is 4.01. The van der Waals surface area contributed by atoms with Crippen molar-refractivity contribution in [2.45, 2.75) is 26.3 Å². The van der Waals surface area contributed by atoms with Crippen molar-refractivity contribution in [2.24, 2.45) is 5.92 Å². The maximum absolute atomic E-state index is 12.1. The molecule has 1 aromatic carbocycles. The molecule has 2 atom stereocenters. The lowest BCUT2D eigenvalue weighted by atomic mass is 9.99. The Morgan fingerprint density at radius 3 is 2.63 bits per heavy atom. The van der Waals surface area contributed by atoms with Crippen LogP contribution in [0.4, 0.5) is 0 Å². The van der Waals surface area contributed by atoms with E-state index in [9.17, 15) is 9.59 Å². The highest BCUT2D eigenvalue weighted by atomic mass is 79.9. The molecule has 0 aromatic heterocycles. The molecule has 0 aliphatic heterocycles. The van der Waals surface area contributed by atoms with E-state index in [0.29, 0.717) is 10.9 Å². The molecule has 0 saturated carbocycles. The van der Waals surface area contributed by atoms with Gasteiger partial charge in [0.05, 0.1) is 10.6 Å². The van der Waals surface area contributed by atoms with Crippen molar-refractivity contribution in [1.29, 1.82) is 0 Å². The van der Waals surface area contributed by atoms with Gasteiger partial charge in [0.25, 0.3) is 5.91 Å². The summed E-state index contributed by atoms with van der Waals surface area (Å²) in [5, 5.41) is 11.9. The van der Waals surface area contributed by atoms with Gasteiger partial charge in [0.15, 0.2) is 0 Å². The quantitative estimate of drug-likeness (QED) is 0.857. The third-order valence-corrected chi connectivity index (χ3v) is 4.26. The van der Waals surface area contributed by atoms with Gasteiger partial charge in [-0.2, -0.15) is 0 Å². The molecule has 0 radical (unpaired) electrons. The Morgan fingerprint density at radius 2 is 2.11 bits per heavy atom. The minimum atomic E-state index is -1.05. The number of amides is 1. The molecule has 0 aliphatic carbocycles. The molecule has 104 valence electrons. The summed E-state index contributed by atoms with van der Waals surface area (Å²) >= 11 is 9.23. The molecule has 1 rings (SSSR count). The van der Waals surface area contributed by atoms with Crippen LogP contribution in [0.2, 0.25) is 5.02 Å². The monoisotopic (exact) mass is 347 g/mol. The standard InChI is InChI=1S/C13H15BrClNO3/c1-3-7(2)11(13(18)19)16-12(17)8-5-4-6-9(14)10(8)15/h4-7,11H,3H2,1-2H3,(H,16,17)(H,18,19)/t7-,11-/m0/s1. The SMILES string of the molecule is CC[C@H](C)[C@H](NC(=O)c1cccc(Br)c1Cl)C(=O)O. The highest BCUT2D eigenvalue weighted by Crippen LogP contribution is 2.26. The van der Waals surface area contributed by atoms with Crippen molar-refractivity contribution >= 4 is 39.4 Å². The van der Waals surface area contributed by atoms with Crippen molar-refractivity contribution in [3.63, 3.8) is 0 Å². The van der Waals surface area contributed by atoms with Gasteiger partial charge in [-0.05, 0) is 34.0 Å². The maximum atomic E-state index is 12.1. The first-order valence-electron chi connectivity index (χ1n) is 5.86. The number of benzene rings is 1. The number of aliphatic carboxylic acids is 1. The number of hydrogen-bond donors (Lipinski definition) is 2. The second kappa shape index (κ2) is 6.91. The van der Waals surface area contributed by atoms with Crippen LogP contribution >= 0.6 is 27.5 Å². The van der Waals surface area contributed by atoms with Crippen molar-refractivity contribution in [1.82, 2.24) is 5.32 Å². The summed E-state index contributed by atoms with van der Waals surface area (Å²) in [6.07, 6.45) is 0.656. The second-order valence-corrected chi connectivity index (χ2v) is 5.51. The molecule has 0 aliphatic rings. The van der Waals surface area contributed by atoms with E-state index in [4.69, 9.17) is 16.7 Å². The molecule has 0 bridgehead atoms. The molecular formula is C13H15BrClNO3. The molecule has 0 spiro atoms. The zero-order valence-electron chi connectivity index (χ0n) is 10.6. The summed E-state index contributed by atoms with van der Waals surface area (Å²) in [4.78, 5) is 23.2. The van der Waals surface area contributed by atoms with Gasteiger partial charge < -0.3 is 10.4 Å². The van der Waals surface area contributed by atoms with E-state index in [1.54, 1.807) is 25.1 Å². The normalized spacial score (nSPS) is 13.7. The van der Waals surface area contributed by atoms with Crippen LogP contribution in [-0.2, 0) is 4.79 Å². The summed E-state index contributed by atoms with van der Waals surface area (Å²) < 4.78 is 0.595. The summed E-state index contributed by atoms with van der Waals surface area (Å²) in [7, 11) is 0. The van der Waals surface area contributed by atoms with E-state index in [0.717, 1.165) is 0 Å². The van der Waals surface area contributed by atoms with Gasteiger partial charge in [0.1, 0.15) is 6.04 Å². The summed E-state index contributed by atoms with van der Waals surface area (Å²) in [5.74, 6) is -1.69. The molecule has 4 nitrogen and oxygen atoms in total. The first kappa shape index (κ1) is 16.0. The van der Waals surface area contributed by atoms with Crippen LogP contribution in [0.15, 0.2) is 22.7 Å². The van der Waals surface area contributed by atoms with E-state index in [1.165, 1.54) is 0 Å². The van der Waals surface area contributed by atoms with Gasteiger partial charge in [-0.25, -0.2) is 4.79 Å². The topological polar surface area (TPSA) is 66.4 Å². The van der Waals surface area contributed by atoms with Gasteiger partial charge in [-0.1, -0.05) is 37.9 Å². The highest BCUT2D eigenvalue weighted by molar-refractivity contribution is 9.10. The lowest BCUT2D eigenvalue weighted by Crippen LogP contribution is -2.45.